The number of hydrogen-bond donors (Lipinski definition) is 3. The maximum Gasteiger partial charge on any atom is 0.255 e. The fourth-order valence-electron chi connectivity index (χ4n) is 3.19. The van der Waals surface area contributed by atoms with Gasteiger partial charge in [-0.2, -0.15) is 5.26 Å². The number of sulfone groups is 1. The van der Waals surface area contributed by atoms with E-state index in [-0.39, 0.29) is 33.5 Å². The van der Waals surface area contributed by atoms with Gasteiger partial charge in [-0.1, -0.05) is 30.7 Å². The number of carbonyl (C=O) groups excluding carboxylic acids is 1. The molecule has 0 radical (unpaired) electrons. The van der Waals surface area contributed by atoms with E-state index < -0.39 is 21.1 Å². The van der Waals surface area contributed by atoms with Gasteiger partial charge in [0.2, 0.25) is 0 Å². The number of aryl methyl sites for hydroxylation is 1. The van der Waals surface area contributed by atoms with Crippen LogP contribution < -0.4 is 10.6 Å². The van der Waals surface area contributed by atoms with Crippen molar-refractivity contribution in [2.45, 2.75) is 30.5 Å². The van der Waals surface area contributed by atoms with E-state index in [4.69, 9.17) is 16.9 Å². The van der Waals surface area contributed by atoms with Crippen LogP contribution in [-0.4, -0.2) is 24.8 Å². The topological polar surface area (TPSA) is 119 Å². The predicted molar refractivity (Wildman–Crippen MR) is 128 cm³/mol. The number of anilines is 2. The van der Waals surface area contributed by atoms with Gasteiger partial charge in [-0.15, -0.1) is 0 Å². The Kier molecular flexibility index (Phi) is 7.26. The first-order valence-corrected chi connectivity index (χ1v) is 12.0. The third-order valence-corrected chi connectivity index (χ3v) is 7.41. The normalized spacial score (nSPS) is 11.9. The molecule has 0 saturated carbocycles. The van der Waals surface area contributed by atoms with Crippen LogP contribution in [0.2, 0.25) is 5.02 Å². The summed E-state index contributed by atoms with van der Waals surface area (Å²) in [6.45, 7) is 3.54. The molecule has 3 aromatic carbocycles. The van der Waals surface area contributed by atoms with Gasteiger partial charge in [0, 0.05) is 11.6 Å². The number of carbonyl (C=O) groups is 1. The molecule has 0 aliphatic carbocycles. The van der Waals surface area contributed by atoms with E-state index in [0.717, 1.165) is 5.56 Å². The van der Waals surface area contributed by atoms with Crippen LogP contribution in [0, 0.1) is 18.3 Å². The monoisotopic (exact) mass is 483 g/mol. The van der Waals surface area contributed by atoms with Crippen molar-refractivity contribution in [3.8, 4) is 11.8 Å². The smallest absolute Gasteiger partial charge is 0.255 e. The van der Waals surface area contributed by atoms with Gasteiger partial charge in [-0.3, -0.25) is 4.79 Å². The van der Waals surface area contributed by atoms with Crippen LogP contribution >= 0.6 is 11.6 Å². The summed E-state index contributed by atoms with van der Waals surface area (Å²) in [6.07, 6.45) is 0.255. The molecule has 0 spiro atoms. The van der Waals surface area contributed by atoms with Crippen molar-refractivity contribution in [1.29, 1.82) is 5.26 Å². The van der Waals surface area contributed by atoms with Gasteiger partial charge in [0.15, 0.2) is 9.84 Å². The number of nitriles is 1. The van der Waals surface area contributed by atoms with Crippen LogP contribution in [0.3, 0.4) is 0 Å². The summed E-state index contributed by atoms with van der Waals surface area (Å²) in [5, 5.41) is 23.9. The van der Waals surface area contributed by atoms with E-state index in [9.17, 15) is 18.3 Å². The number of halogens is 1. The highest BCUT2D eigenvalue weighted by Gasteiger charge is 2.27. The van der Waals surface area contributed by atoms with Gasteiger partial charge in [-0.05, 0) is 61.4 Å². The van der Waals surface area contributed by atoms with Crippen molar-refractivity contribution in [2.75, 3.05) is 10.6 Å². The number of benzene rings is 3. The van der Waals surface area contributed by atoms with Crippen molar-refractivity contribution < 1.29 is 18.3 Å². The lowest BCUT2D eigenvalue weighted by Gasteiger charge is -2.21. The number of nitrogens with one attached hydrogen (secondary N) is 2. The van der Waals surface area contributed by atoms with Crippen LogP contribution in [0.15, 0.2) is 65.6 Å². The molecule has 3 aromatic rings. The van der Waals surface area contributed by atoms with E-state index in [1.807, 2.05) is 19.1 Å². The molecule has 7 nitrogen and oxygen atoms in total. The van der Waals surface area contributed by atoms with Crippen LogP contribution in [-0.2, 0) is 9.84 Å². The molecule has 1 atom stereocenters. The Morgan fingerprint density at radius 1 is 1.12 bits per heavy atom. The fourth-order valence-corrected chi connectivity index (χ4v) is 5.08. The molecule has 33 heavy (non-hydrogen) atoms. The maximum absolute atomic E-state index is 13.1. The van der Waals surface area contributed by atoms with Gasteiger partial charge in [0.25, 0.3) is 5.91 Å². The second kappa shape index (κ2) is 9.94. The molecule has 0 heterocycles. The zero-order valence-corrected chi connectivity index (χ0v) is 19.5. The molecule has 3 rings (SSSR count). The summed E-state index contributed by atoms with van der Waals surface area (Å²) in [4.78, 5) is 12.6. The highest BCUT2D eigenvalue weighted by Crippen LogP contribution is 2.35. The molecule has 0 fully saturated rings. The first kappa shape index (κ1) is 24.1. The van der Waals surface area contributed by atoms with Crippen molar-refractivity contribution in [3.05, 3.63) is 82.4 Å². The van der Waals surface area contributed by atoms with Crippen molar-refractivity contribution in [2.24, 2.45) is 0 Å². The fraction of sp³-hybridized carbons (Fsp3) is 0.167. The summed E-state index contributed by atoms with van der Waals surface area (Å²) in [5.74, 6) is -0.785. The van der Waals surface area contributed by atoms with E-state index in [2.05, 4.69) is 10.6 Å². The molecule has 3 N–H and O–H groups in total. The number of rotatable bonds is 7. The molecule has 0 aliphatic rings. The lowest BCUT2D eigenvalue weighted by atomic mass is 10.1. The third-order valence-electron chi connectivity index (χ3n) is 4.99. The Balaban J connectivity index is 1.83. The number of phenols is 1. The largest absolute Gasteiger partial charge is 0.506 e. The van der Waals surface area contributed by atoms with Gasteiger partial charge in [0.05, 0.1) is 32.9 Å². The van der Waals surface area contributed by atoms with Crippen LogP contribution in [0.1, 0.15) is 34.8 Å². The van der Waals surface area contributed by atoms with Gasteiger partial charge >= 0.3 is 0 Å². The summed E-state index contributed by atoms with van der Waals surface area (Å²) in [5.41, 5.74) is 1.81. The average molecular weight is 484 g/mol. The van der Waals surface area contributed by atoms with Gasteiger partial charge in [0.1, 0.15) is 11.1 Å². The highest BCUT2D eigenvalue weighted by molar-refractivity contribution is 7.92. The lowest BCUT2D eigenvalue weighted by Crippen LogP contribution is -2.29. The molecule has 9 heteroatoms. The minimum atomic E-state index is -3.72. The molecule has 0 aromatic heterocycles. The van der Waals surface area contributed by atoms with Crippen molar-refractivity contribution in [3.63, 3.8) is 0 Å². The number of hydrogen-bond acceptors (Lipinski definition) is 6. The average Bonchev–Trinajstić information content (AvgIpc) is 2.80. The molecule has 0 aliphatic heterocycles. The molecular formula is C24H22ClN3O4S. The van der Waals surface area contributed by atoms with E-state index in [0.29, 0.717) is 11.1 Å². The summed E-state index contributed by atoms with van der Waals surface area (Å²) >= 11 is 6.34. The number of nitrogens with zero attached hydrogens (tertiary/aromatic N) is 1. The minimum absolute atomic E-state index is 0.0644. The molecule has 170 valence electrons. The molecule has 1 unspecified atom stereocenters. The van der Waals surface area contributed by atoms with Crippen molar-refractivity contribution in [1.82, 2.24) is 0 Å². The Morgan fingerprint density at radius 2 is 1.82 bits per heavy atom. The molecule has 0 saturated heterocycles. The summed E-state index contributed by atoms with van der Waals surface area (Å²) < 4.78 is 26.2. The Hall–Kier alpha value is -3.54. The van der Waals surface area contributed by atoms with Gasteiger partial charge in [-0.25, -0.2) is 8.42 Å². The number of aromatic hydroxyl groups is 1. The lowest BCUT2D eigenvalue weighted by molar-refractivity contribution is 0.102. The van der Waals surface area contributed by atoms with Crippen LogP contribution in [0.25, 0.3) is 0 Å². The quantitative estimate of drug-likeness (QED) is 0.402. The second-order valence-corrected chi connectivity index (χ2v) is 9.93. The Labute approximate surface area is 197 Å². The molecule has 0 bridgehead atoms. The number of phenolic OH excluding ortho intramolecular Hbond substituents is 1. The van der Waals surface area contributed by atoms with Gasteiger partial charge < -0.3 is 15.7 Å². The van der Waals surface area contributed by atoms with E-state index in [1.165, 1.54) is 42.5 Å². The van der Waals surface area contributed by atoms with Crippen molar-refractivity contribution >= 4 is 38.7 Å². The molecule has 1 amide bonds. The first-order valence-electron chi connectivity index (χ1n) is 10.1. The Morgan fingerprint density at radius 3 is 2.42 bits per heavy atom. The van der Waals surface area contributed by atoms with Crippen LogP contribution in [0.5, 0.6) is 5.75 Å². The maximum atomic E-state index is 13.1. The zero-order chi connectivity index (χ0) is 24.2. The number of amides is 1. The second-order valence-electron chi connectivity index (χ2n) is 7.40. The third kappa shape index (κ3) is 5.45. The summed E-state index contributed by atoms with van der Waals surface area (Å²) in [7, 11) is -3.72. The molecular weight excluding hydrogens is 462 g/mol. The van der Waals surface area contributed by atoms with E-state index >= 15 is 0 Å². The summed E-state index contributed by atoms with van der Waals surface area (Å²) in [6, 6.07) is 17.2. The van der Waals surface area contributed by atoms with E-state index in [1.54, 1.807) is 19.1 Å². The Bertz CT molecular complexity index is 1330. The predicted octanol–water partition coefficient (Wildman–Crippen LogP) is 5.10. The highest BCUT2D eigenvalue weighted by atomic mass is 35.5. The SMILES string of the molecule is CCC(Nc1cc(O)c(NC(=O)c2ccc(C#N)cc2)cc1Cl)S(=O)(=O)c1cccc(C)c1. The minimum Gasteiger partial charge on any atom is -0.506 e. The van der Waals surface area contributed by atoms with Crippen LogP contribution in [0.4, 0.5) is 11.4 Å². The standard InChI is InChI=1S/C24H22ClN3O4S/c1-3-23(33(31,32)18-6-4-5-15(2)11-18)27-20-13-22(29)21(12-19(20)25)28-24(30)17-9-7-16(14-26)8-10-17/h4-13,23,27,29H,3H2,1-2H3,(H,28,30). The zero-order valence-electron chi connectivity index (χ0n) is 18.0. The first-order chi connectivity index (χ1) is 15.6.